The summed E-state index contributed by atoms with van der Waals surface area (Å²) < 4.78 is 0. The van der Waals surface area contributed by atoms with E-state index in [9.17, 15) is 9.59 Å². The lowest BCUT2D eigenvalue weighted by molar-refractivity contribution is -0.127. The van der Waals surface area contributed by atoms with Crippen LogP contribution in [-0.4, -0.2) is 34.9 Å². The van der Waals surface area contributed by atoms with Gasteiger partial charge in [0.15, 0.2) is 0 Å². The summed E-state index contributed by atoms with van der Waals surface area (Å²) in [4.78, 5) is 35.5. The van der Waals surface area contributed by atoms with Crippen LogP contribution >= 0.6 is 0 Å². The highest BCUT2D eigenvalue weighted by atomic mass is 16.2. The highest BCUT2D eigenvalue weighted by Crippen LogP contribution is 2.22. The van der Waals surface area contributed by atoms with Crippen molar-refractivity contribution in [3.8, 4) is 0 Å². The number of fused-ring (bicyclic) bond motifs is 1. The van der Waals surface area contributed by atoms with Crippen LogP contribution in [0.25, 0.3) is 10.9 Å². The van der Waals surface area contributed by atoms with E-state index in [2.05, 4.69) is 15.3 Å². The van der Waals surface area contributed by atoms with Gasteiger partial charge in [-0.3, -0.25) is 14.5 Å². The van der Waals surface area contributed by atoms with E-state index in [1.807, 2.05) is 67.6 Å². The number of carbonyl (C=O) groups excluding carboxylic acids is 2. The molecule has 2 aromatic heterocycles. The average Bonchev–Trinajstić information content (AvgIpc) is 3.13. The molecule has 0 aliphatic heterocycles. The lowest BCUT2D eigenvalue weighted by Crippen LogP contribution is -2.49. The number of rotatable bonds is 7. The van der Waals surface area contributed by atoms with Crippen molar-refractivity contribution in [2.24, 2.45) is 0 Å². The number of likely N-dealkylation sites (N-methyl/N-ethyl adjacent to an activating group) is 1. The normalized spacial score (nSPS) is 11.8. The van der Waals surface area contributed by atoms with Gasteiger partial charge in [-0.1, -0.05) is 54.6 Å². The Morgan fingerprint density at radius 3 is 2.47 bits per heavy atom. The van der Waals surface area contributed by atoms with Crippen LogP contribution in [0.2, 0.25) is 0 Å². The molecule has 0 saturated heterocycles. The highest BCUT2D eigenvalue weighted by Gasteiger charge is 2.26. The van der Waals surface area contributed by atoms with Crippen LogP contribution in [0, 0.1) is 6.92 Å². The monoisotopic (exact) mass is 426 g/mol. The molecule has 0 fully saturated rings. The maximum atomic E-state index is 13.3. The number of nitrogens with one attached hydrogen (secondary N) is 2. The predicted molar refractivity (Wildman–Crippen MR) is 126 cm³/mol. The standard InChI is InChI=1S/C26H26N4O2/c1-18-21(20-12-6-7-13-22(20)28-18)17-25(31)29-23(16-19-10-4-3-5-11-19)26(32)30(2)24-14-8-9-15-27-24/h3-15,23,28H,16-17H2,1-2H3,(H,29,31)/t23-/m0/s1. The molecule has 0 aliphatic carbocycles. The Hall–Kier alpha value is -3.93. The van der Waals surface area contributed by atoms with Crippen molar-refractivity contribution in [3.05, 3.63) is 95.8 Å². The molecule has 2 amide bonds. The number of aromatic amines is 1. The number of hydrogen-bond acceptors (Lipinski definition) is 3. The molecular formula is C26H26N4O2. The molecule has 2 aromatic carbocycles. The molecule has 2 N–H and O–H groups in total. The Morgan fingerprint density at radius 2 is 1.72 bits per heavy atom. The maximum absolute atomic E-state index is 13.3. The molecule has 1 atom stereocenters. The smallest absolute Gasteiger partial charge is 0.250 e. The van der Waals surface area contributed by atoms with Gasteiger partial charge in [-0.15, -0.1) is 0 Å². The molecule has 2 heterocycles. The van der Waals surface area contributed by atoms with E-state index in [0.717, 1.165) is 27.7 Å². The number of nitrogens with zero attached hydrogens (tertiary/aromatic N) is 2. The van der Waals surface area contributed by atoms with E-state index in [0.29, 0.717) is 12.2 Å². The fourth-order valence-corrected chi connectivity index (χ4v) is 3.92. The molecule has 32 heavy (non-hydrogen) atoms. The molecule has 162 valence electrons. The summed E-state index contributed by atoms with van der Waals surface area (Å²) in [5, 5.41) is 4.00. The van der Waals surface area contributed by atoms with Crippen LogP contribution < -0.4 is 10.2 Å². The van der Waals surface area contributed by atoms with E-state index in [1.54, 1.807) is 25.4 Å². The number of hydrogen-bond donors (Lipinski definition) is 2. The number of carbonyl (C=O) groups is 2. The second kappa shape index (κ2) is 9.47. The summed E-state index contributed by atoms with van der Waals surface area (Å²) in [6, 6.07) is 22.3. The first-order valence-electron chi connectivity index (χ1n) is 10.6. The van der Waals surface area contributed by atoms with Crippen LogP contribution in [0.3, 0.4) is 0 Å². The Kier molecular flexibility index (Phi) is 6.31. The quantitative estimate of drug-likeness (QED) is 0.472. The number of anilines is 1. The van der Waals surface area contributed by atoms with Gasteiger partial charge in [0.05, 0.1) is 6.42 Å². The molecule has 4 aromatic rings. The Morgan fingerprint density at radius 1 is 1.00 bits per heavy atom. The summed E-state index contributed by atoms with van der Waals surface area (Å²) in [6.07, 6.45) is 2.24. The molecule has 0 bridgehead atoms. The van der Waals surface area contributed by atoms with Crippen molar-refractivity contribution in [1.29, 1.82) is 0 Å². The molecule has 0 unspecified atom stereocenters. The number of H-pyrrole nitrogens is 1. The van der Waals surface area contributed by atoms with Crippen LogP contribution in [-0.2, 0) is 22.4 Å². The van der Waals surface area contributed by atoms with Crippen LogP contribution in [0.15, 0.2) is 79.0 Å². The fraction of sp³-hybridized carbons (Fsp3) is 0.192. The van der Waals surface area contributed by atoms with Crippen molar-refractivity contribution in [2.45, 2.75) is 25.8 Å². The minimum absolute atomic E-state index is 0.193. The molecule has 6 heteroatoms. The van der Waals surface area contributed by atoms with E-state index >= 15 is 0 Å². The zero-order valence-corrected chi connectivity index (χ0v) is 18.2. The third-order valence-electron chi connectivity index (χ3n) is 5.60. The topological polar surface area (TPSA) is 78.1 Å². The van der Waals surface area contributed by atoms with Gasteiger partial charge >= 0.3 is 0 Å². The summed E-state index contributed by atoms with van der Waals surface area (Å²) in [7, 11) is 1.68. The number of aryl methyl sites for hydroxylation is 1. The van der Waals surface area contributed by atoms with Gasteiger partial charge in [-0.05, 0) is 36.2 Å². The molecule has 0 spiro atoms. The maximum Gasteiger partial charge on any atom is 0.250 e. The molecule has 0 radical (unpaired) electrons. The SMILES string of the molecule is Cc1[nH]c2ccccc2c1CC(=O)N[C@@H](Cc1ccccc1)C(=O)N(C)c1ccccn1. The number of para-hydroxylation sites is 1. The number of benzene rings is 2. The van der Waals surface area contributed by atoms with Gasteiger partial charge in [0.1, 0.15) is 11.9 Å². The largest absolute Gasteiger partial charge is 0.358 e. The number of pyridine rings is 1. The van der Waals surface area contributed by atoms with E-state index in [1.165, 1.54) is 4.90 Å². The summed E-state index contributed by atoms with van der Waals surface area (Å²) in [5.41, 5.74) is 3.88. The third-order valence-corrected chi connectivity index (χ3v) is 5.60. The lowest BCUT2D eigenvalue weighted by Gasteiger charge is -2.24. The summed E-state index contributed by atoms with van der Waals surface area (Å²) in [5.74, 6) is 0.135. The third kappa shape index (κ3) is 4.70. The van der Waals surface area contributed by atoms with Crippen molar-refractivity contribution in [3.63, 3.8) is 0 Å². The Balaban J connectivity index is 1.56. The van der Waals surface area contributed by atoms with Gasteiger partial charge in [-0.2, -0.15) is 0 Å². The van der Waals surface area contributed by atoms with Gasteiger partial charge in [0.2, 0.25) is 5.91 Å². The van der Waals surface area contributed by atoms with Crippen molar-refractivity contribution in [2.75, 3.05) is 11.9 Å². The van der Waals surface area contributed by atoms with Crippen LogP contribution in [0.4, 0.5) is 5.82 Å². The highest BCUT2D eigenvalue weighted by molar-refractivity contribution is 5.99. The minimum Gasteiger partial charge on any atom is -0.358 e. The van der Waals surface area contributed by atoms with E-state index in [4.69, 9.17) is 0 Å². The van der Waals surface area contributed by atoms with Crippen LogP contribution in [0.5, 0.6) is 0 Å². The predicted octanol–water partition coefficient (Wildman–Crippen LogP) is 3.80. The Labute approximate surface area is 187 Å². The number of amides is 2. The summed E-state index contributed by atoms with van der Waals surface area (Å²) in [6.45, 7) is 1.96. The Bertz CT molecular complexity index is 1220. The first-order valence-corrected chi connectivity index (χ1v) is 10.6. The van der Waals surface area contributed by atoms with Gasteiger partial charge in [0, 0.05) is 36.3 Å². The average molecular weight is 427 g/mol. The first-order chi connectivity index (χ1) is 15.5. The van der Waals surface area contributed by atoms with E-state index in [-0.39, 0.29) is 18.2 Å². The van der Waals surface area contributed by atoms with Crippen molar-refractivity contribution < 1.29 is 9.59 Å². The fourth-order valence-electron chi connectivity index (χ4n) is 3.92. The molecule has 4 rings (SSSR count). The number of aromatic nitrogens is 2. The van der Waals surface area contributed by atoms with Crippen molar-refractivity contribution in [1.82, 2.24) is 15.3 Å². The molecule has 0 aliphatic rings. The molecular weight excluding hydrogens is 400 g/mol. The molecule has 0 saturated carbocycles. The second-order valence-electron chi connectivity index (χ2n) is 7.85. The van der Waals surface area contributed by atoms with Crippen molar-refractivity contribution >= 4 is 28.5 Å². The first kappa shape index (κ1) is 21.3. The van der Waals surface area contributed by atoms with Crippen LogP contribution in [0.1, 0.15) is 16.8 Å². The van der Waals surface area contributed by atoms with Gasteiger partial charge < -0.3 is 10.3 Å². The lowest BCUT2D eigenvalue weighted by atomic mass is 10.0. The van der Waals surface area contributed by atoms with E-state index < -0.39 is 6.04 Å². The minimum atomic E-state index is -0.706. The van der Waals surface area contributed by atoms with Gasteiger partial charge in [0.25, 0.3) is 5.91 Å². The van der Waals surface area contributed by atoms with Gasteiger partial charge in [-0.25, -0.2) is 4.98 Å². The zero-order chi connectivity index (χ0) is 22.5. The molecule has 6 nitrogen and oxygen atoms in total. The second-order valence-corrected chi connectivity index (χ2v) is 7.85. The summed E-state index contributed by atoms with van der Waals surface area (Å²) >= 11 is 0. The zero-order valence-electron chi connectivity index (χ0n) is 18.2.